The summed E-state index contributed by atoms with van der Waals surface area (Å²) in [5, 5.41) is 0. The van der Waals surface area contributed by atoms with Gasteiger partial charge in [-0.25, -0.2) is 0 Å². The third-order valence-electron chi connectivity index (χ3n) is 2.95. The molecule has 0 aromatic rings. The van der Waals surface area contributed by atoms with Crippen LogP contribution in [0.2, 0.25) is 0 Å². The molecule has 1 aliphatic heterocycles. The van der Waals surface area contributed by atoms with Gasteiger partial charge in [-0.1, -0.05) is 19.3 Å². The molecular weight excluding hydrogens is 136 g/mol. The molecule has 1 spiro atoms. The fourth-order valence-corrected chi connectivity index (χ4v) is 2.28. The van der Waals surface area contributed by atoms with E-state index in [-0.39, 0.29) is 5.60 Å². The zero-order chi connectivity index (χ0) is 7.57. The highest BCUT2D eigenvalue weighted by molar-refractivity contribution is 4.98. The molecule has 1 saturated heterocycles. The molecule has 0 N–H and O–H groups in total. The maximum Gasteiger partial charge on any atom is 0.0714 e. The molecule has 0 bridgehead atoms. The summed E-state index contributed by atoms with van der Waals surface area (Å²) in [5.74, 6) is 0. The Morgan fingerprint density at radius 3 is 2.45 bits per heavy atom. The molecule has 11 heavy (non-hydrogen) atoms. The second kappa shape index (κ2) is 3.14. The Balaban J connectivity index is 1.94. The summed E-state index contributed by atoms with van der Waals surface area (Å²) < 4.78 is 5.85. The molecule has 2 rings (SSSR count). The summed E-state index contributed by atoms with van der Waals surface area (Å²) in [7, 11) is 0. The third kappa shape index (κ3) is 1.58. The first kappa shape index (κ1) is 7.60. The van der Waals surface area contributed by atoms with Crippen LogP contribution in [0.1, 0.15) is 44.9 Å². The lowest BCUT2D eigenvalue weighted by Crippen LogP contribution is -2.38. The second-order valence-electron chi connectivity index (χ2n) is 3.82. The Kier molecular flexibility index (Phi) is 2.17. The zero-order valence-corrected chi connectivity index (χ0v) is 7.14. The van der Waals surface area contributed by atoms with E-state index in [1.165, 1.54) is 44.9 Å². The average Bonchev–Trinajstić information content (AvgIpc) is 2.07. The van der Waals surface area contributed by atoms with E-state index >= 15 is 0 Å². The van der Waals surface area contributed by atoms with Crippen molar-refractivity contribution in [3.63, 3.8) is 0 Å². The molecule has 0 aromatic heterocycles. The largest absolute Gasteiger partial charge is 0.375 e. The lowest BCUT2D eigenvalue weighted by atomic mass is 9.80. The minimum atomic E-state index is 0.233. The fourth-order valence-electron chi connectivity index (χ4n) is 2.28. The molecule has 2 fully saturated rings. The van der Waals surface area contributed by atoms with Gasteiger partial charge in [0.1, 0.15) is 0 Å². The van der Waals surface area contributed by atoms with Crippen molar-refractivity contribution >= 4 is 0 Å². The monoisotopic (exact) mass is 153 g/mol. The molecule has 1 nitrogen and oxygen atoms in total. The van der Waals surface area contributed by atoms with Gasteiger partial charge in [-0.05, 0) is 32.1 Å². The van der Waals surface area contributed by atoms with E-state index < -0.39 is 0 Å². The van der Waals surface area contributed by atoms with Crippen molar-refractivity contribution in [2.75, 3.05) is 6.61 Å². The molecule has 1 radical (unpaired) electrons. The minimum absolute atomic E-state index is 0.233. The summed E-state index contributed by atoms with van der Waals surface area (Å²) in [6.07, 6.45) is 11.7. The lowest BCUT2D eigenvalue weighted by molar-refractivity contribution is -0.0656. The zero-order valence-electron chi connectivity index (χ0n) is 7.14. The fraction of sp³-hybridized carbons (Fsp3) is 0.900. The first-order valence-electron chi connectivity index (χ1n) is 4.90. The van der Waals surface area contributed by atoms with E-state index in [1.54, 1.807) is 0 Å². The maximum absolute atomic E-state index is 5.85. The van der Waals surface area contributed by atoms with Gasteiger partial charge in [-0.15, -0.1) is 0 Å². The molecule has 1 saturated carbocycles. The molecule has 1 heterocycles. The highest BCUT2D eigenvalue weighted by atomic mass is 16.5. The Morgan fingerprint density at radius 2 is 1.82 bits per heavy atom. The van der Waals surface area contributed by atoms with Gasteiger partial charge in [0.15, 0.2) is 0 Å². The summed E-state index contributed by atoms with van der Waals surface area (Å²) >= 11 is 0. The van der Waals surface area contributed by atoms with Crippen LogP contribution >= 0.6 is 0 Å². The number of hydrogen-bond acceptors (Lipinski definition) is 1. The van der Waals surface area contributed by atoms with Gasteiger partial charge in [0, 0.05) is 6.61 Å². The minimum Gasteiger partial charge on any atom is -0.375 e. The number of rotatable bonds is 0. The molecule has 0 amide bonds. The predicted octanol–water partition coefficient (Wildman–Crippen LogP) is 2.70. The smallest absolute Gasteiger partial charge is 0.0714 e. The normalized spacial score (nSPS) is 30.5. The van der Waals surface area contributed by atoms with Gasteiger partial charge >= 0.3 is 0 Å². The summed E-state index contributed by atoms with van der Waals surface area (Å²) in [5.41, 5.74) is 0.233. The van der Waals surface area contributed by atoms with Gasteiger partial charge in [0.05, 0.1) is 5.60 Å². The van der Waals surface area contributed by atoms with Crippen LogP contribution < -0.4 is 0 Å². The van der Waals surface area contributed by atoms with E-state index in [2.05, 4.69) is 6.42 Å². The van der Waals surface area contributed by atoms with Crippen LogP contribution in [0.15, 0.2) is 0 Å². The molecule has 2 aliphatic rings. The van der Waals surface area contributed by atoms with Crippen molar-refractivity contribution in [1.82, 2.24) is 0 Å². The first-order chi connectivity index (χ1) is 5.41. The van der Waals surface area contributed by atoms with Gasteiger partial charge in [-0.2, -0.15) is 0 Å². The van der Waals surface area contributed by atoms with Crippen molar-refractivity contribution in [2.45, 2.75) is 50.5 Å². The summed E-state index contributed by atoms with van der Waals surface area (Å²) in [6, 6.07) is 0. The van der Waals surface area contributed by atoms with E-state index in [0.717, 1.165) is 6.61 Å². The topological polar surface area (TPSA) is 9.23 Å². The summed E-state index contributed by atoms with van der Waals surface area (Å²) in [6.45, 7) is 0.997. The summed E-state index contributed by atoms with van der Waals surface area (Å²) in [4.78, 5) is 0. The Bertz CT molecular complexity index is 99.3. The van der Waals surface area contributed by atoms with Crippen molar-refractivity contribution < 1.29 is 4.74 Å². The standard InChI is InChI=1S/C10H17O/c1-2-6-10(7-3-1)8-4-5-9-11-10/h8H,1-7,9H2. The van der Waals surface area contributed by atoms with Crippen LogP contribution in [-0.2, 0) is 4.74 Å². The van der Waals surface area contributed by atoms with Crippen LogP contribution in [0.4, 0.5) is 0 Å². The van der Waals surface area contributed by atoms with Crippen LogP contribution in [0.25, 0.3) is 0 Å². The Hall–Kier alpha value is -0.0400. The van der Waals surface area contributed by atoms with E-state index in [4.69, 9.17) is 4.74 Å². The molecule has 1 aliphatic carbocycles. The SMILES string of the molecule is [CH]1CCCOC12CCCCC2. The molecular formula is C10H17O. The molecule has 0 aromatic carbocycles. The van der Waals surface area contributed by atoms with Crippen LogP contribution in [0, 0.1) is 6.42 Å². The Labute approximate surface area is 69.1 Å². The van der Waals surface area contributed by atoms with E-state index in [0.29, 0.717) is 0 Å². The van der Waals surface area contributed by atoms with Crippen LogP contribution in [0.3, 0.4) is 0 Å². The van der Waals surface area contributed by atoms with Gasteiger partial charge in [0.25, 0.3) is 0 Å². The highest BCUT2D eigenvalue weighted by Crippen LogP contribution is 2.37. The molecule has 63 valence electrons. The molecule has 0 atom stereocenters. The van der Waals surface area contributed by atoms with Crippen molar-refractivity contribution in [3.05, 3.63) is 6.42 Å². The van der Waals surface area contributed by atoms with Crippen molar-refractivity contribution in [2.24, 2.45) is 0 Å². The van der Waals surface area contributed by atoms with Gasteiger partial charge < -0.3 is 4.74 Å². The lowest BCUT2D eigenvalue weighted by Gasteiger charge is -2.40. The van der Waals surface area contributed by atoms with E-state index in [1.807, 2.05) is 0 Å². The van der Waals surface area contributed by atoms with Crippen LogP contribution in [-0.4, -0.2) is 12.2 Å². The van der Waals surface area contributed by atoms with Crippen molar-refractivity contribution in [3.8, 4) is 0 Å². The number of hydrogen-bond donors (Lipinski definition) is 0. The highest BCUT2D eigenvalue weighted by Gasteiger charge is 2.34. The van der Waals surface area contributed by atoms with Gasteiger partial charge in [0.2, 0.25) is 0 Å². The van der Waals surface area contributed by atoms with Gasteiger partial charge in [-0.3, -0.25) is 0 Å². The third-order valence-corrected chi connectivity index (χ3v) is 2.95. The van der Waals surface area contributed by atoms with E-state index in [9.17, 15) is 0 Å². The van der Waals surface area contributed by atoms with Crippen molar-refractivity contribution in [1.29, 1.82) is 0 Å². The average molecular weight is 153 g/mol. The quantitative estimate of drug-likeness (QED) is 0.520. The molecule has 1 heteroatoms. The first-order valence-corrected chi connectivity index (χ1v) is 4.90. The number of ether oxygens (including phenoxy) is 1. The Morgan fingerprint density at radius 1 is 1.00 bits per heavy atom. The molecule has 0 unspecified atom stereocenters. The van der Waals surface area contributed by atoms with Crippen LogP contribution in [0.5, 0.6) is 0 Å². The maximum atomic E-state index is 5.85. The second-order valence-corrected chi connectivity index (χ2v) is 3.82. The predicted molar refractivity (Wildman–Crippen MR) is 45.3 cm³/mol.